The van der Waals surface area contributed by atoms with Crippen molar-refractivity contribution in [1.29, 1.82) is 0 Å². The van der Waals surface area contributed by atoms with Crippen LogP contribution in [0, 0.1) is 5.92 Å². The van der Waals surface area contributed by atoms with Gasteiger partial charge in [-0.3, -0.25) is 14.3 Å². The normalized spacial score (nSPS) is 18.5. The van der Waals surface area contributed by atoms with Crippen molar-refractivity contribution in [2.45, 2.75) is 19.4 Å². The van der Waals surface area contributed by atoms with Gasteiger partial charge >= 0.3 is 0 Å². The Morgan fingerprint density at radius 3 is 2.49 bits per heavy atom. The summed E-state index contributed by atoms with van der Waals surface area (Å²) >= 11 is 3.55. The number of nitrogens with zero attached hydrogens (tertiary/aromatic N) is 5. The van der Waals surface area contributed by atoms with Crippen molar-refractivity contribution in [3.8, 4) is 11.4 Å². The molecule has 1 amide bonds. The Bertz CT molecular complexity index is 1450. The number of piperidine rings is 1. The number of aromatic nitrogens is 2. The van der Waals surface area contributed by atoms with Gasteiger partial charge in [-0.2, -0.15) is 0 Å². The van der Waals surface area contributed by atoms with E-state index in [2.05, 4.69) is 83.7 Å². The van der Waals surface area contributed by atoms with Crippen molar-refractivity contribution in [3.63, 3.8) is 0 Å². The Labute approximate surface area is 238 Å². The lowest BCUT2D eigenvalue weighted by molar-refractivity contribution is -0.137. The van der Waals surface area contributed by atoms with Gasteiger partial charge in [0.15, 0.2) is 0 Å². The molecule has 3 heterocycles. The molecule has 1 atom stereocenters. The monoisotopic (exact) mass is 587 g/mol. The number of amides is 1. The fraction of sp³-hybridized carbons (Fsp3) is 0.355. The molecular weight excluding hydrogens is 554 g/mol. The van der Waals surface area contributed by atoms with Crippen LogP contribution in [-0.4, -0.2) is 71.6 Å². The number of carbonyl (C=O) groups is 1. The number of halogens is 1. The summed E-state index contributed by atoms with van der Waals surface area (Å²) in [7, 11) is 1.71. The van der Waals surface area contributed by atoms with Crippen LogP contribution in [0.25, 0.3) is 16.7 Å². The molecule has 2 fully saturated rings. The Hall–Kier alpha value is -3.36. The quantitative estimate of drug-likeness (QED) is 0.304. The fourth-order valence-electron chi connectivity index (χ4n) is 5.98. The van der Waals surface area contributed by atoms with Crippen molar-refractivity contribution in [2.24, 2.45) is 5.92 Å². The van der Waals surface area contributed by atoms with Crippen LogP contribution in [-0.2, 0) is 11.3 Å². The van der Waals surface area contributed by atoms with Crippen molar-refractivity contribution >= 4 is 38.6 Å². The van der Waals surface area contributed by atoms with E-state index in [1.807, 2.05) is 24.3 Å². The molecule has 0 N–H and O–H groups in total. The van der Waals surface area contributed by atoms with E-state index in [1.165, 1.54) is 0 Å². The zero-order valence-electron chi connectivity index (χ0n) is 22.3. The van der Waals surface area contributed by atoms with Gasteiger partial charge in [-0.15, -0.1) is 0 Å². The maximum absolute atomic E-state index is 13.6. The number of likely N-dealkylation sites (tertiary alicyclic amines) is 1. The van der Waals surface area contributed by atoms with Crippen LogP contribution in [0.3, 0.4) is 0 Å². The number of methoxy groups -OCH3 is 1. The Balaban J connectivity index is 1.14. The Morgan fingerprint density at radius 2 is 1.69 bits per heavy atom. The number of hydrogen-bond acceptors (Lipinski definition) is 5. The first kappa shape index (κ1) is 25.9. The third-order valence-electron chi connectivity index (χ3n) is 7.95. The molecule has 0 saturated carbocycles. The van der Waals surface area contributed by atoms with Crippen molar-refractivity contribution < 1.29 is 9.53 Å². The second kappa shape index (κ2) is 11.4. The maximum atomic E-state index is 13.6. The molecule has 2 saturated heterocycles. The fourth-order valence-corrected chi connectivity index (χ4v) is 6.24. The SMILES string of the molecule is COc1ccccc1N1CCN(C(=O)[C@@H]2CCCN(Cc3nc4ccccc4n3-c3ccc(Br)cc3)C2)CC1. The van der Waals surface area contributed by atoms with E-state index >= 15 is 0 Å². The topological polar surface area (TPSA) is 53.8 Å². The standard InChI is InChI=1S/C31H34BrN5O2/c1-39-29-11-5-4-10-28(29)35-17-19-36(20-18-35)31(38)23-7-6-16-34(21-23)22-30-33-26-8-2-3-9-27(26)37(30)25-14-12-24(32)13-15-25/h2-5,8-15,23H,6-7,16-22H2,1H3/t23-/m1/s1. The molecule has 4 aromatic rings. The smallest absolute Gasteiger partial charge is 0.227 e. The number of benzene rings is 3. The highest BCUT2D eigenvalue weighted by Crippen LogP contribution is 2.30. The summed E-state index contributed by atoms with van der Waals surface area (Å²) in [6.45, 7) is 5.60. The van der Waals surface area contributed by atoms with Crippen LogP contribution in [0.5, 0.6) is 5.75 Å². The molecule has 0 unspecified atom stereocenters. The summed E-state index contributed by atoms with van der Waals surface area (Å²) in [4.78, 5) is 25.4. The Morgan fingerprint density at radius 1 is 0.949 bits per heavy atom. The predicted molar refractivity (Wildman–Crippen MR) is 159 cm³/mol. The number of imidazole rings is 1. The van der Waals surface area contributed by atoms with Crippen LogP contribution in [0.2, 0.25) is 0 Å². The number of rotatable bonds is 6. The molecule has 2 aliphatic heterocycles. The van der Waals surface area contributed by atoms with Gasteiger partial charge in [-0.25, -0.2) is 4.98 Å². The largest absolute Gasteiger partial charge is 0.495 e. The highest BCUT2D eigenvalue weighted by molar-refractivity contribution is 9.10. The number of fused-ring (bicyclic) bond motifs is 1. The number of carbonyl (C=O) groups excluding carboxylic acids is 1. The van der Waals surface area contributed by atoms with E-state index in [0.29, 0.717) is 5.91 Å². The first-order chi connectivity index (χ1) is 19.1. The van der Waals surface area contributed by atoms with Crippen molar-refractivity contribution in [3.05, 3.63) is 83.1 Å². The lowest BCUT2D eigenvalue weighted by atomic mass is 9.96. The number of para-hydroxylation sites is 4. The number of piperazine rings is 1. The molecule has 0 radical (unpaired) electrons. The minimum atomic E-state index is 0.0297. The van der Waals surface area contributed by atoms with E-state index in [-0.39, 0.29) is 5.92 Å². The summed E-state index contributed by atoms with van der Waals surface area (Å²) in [6.07, 6.45) is 1.97. The molecule has 39 heavy (non-hydrogen) atoms. The lowest BCUT2D eigenvalue weighted by Gasteiger charge is -2.40. The molecule has 3 aromatic carbocycles. The summed E-state index contributed by atoms with van der Waals surface area (Å²) in [5.74, 6) is 2.22. The molecule has 2 aliphatic rings. The highest BCUT2D eigenvalue weighted by Gasteiger charge is 2.32. The predicted octanol–water partition coefficient (Wildman–Crippen LogP) is 5.36. The molecule has 202 valence electrons. The van der Waals surface area contributed by atoms with Gasteiger partial charge in [0.2, 0.25) is 5.91 Å². The number of anilines is 1. The average molecular weight is 589 g/mol. The molecule has 6 rings (SSSR count). The summed E-state index contributed by atoms with van der Waals surface area (Å²) in [5, 5.41) is 0. The second-order valence-electron chi connectivity index (χ2n) is 10.4. The van der Waals surface area contributed by atoms with Gasteiger partial charge in [0, 0.05) is 42.9 Å². The van der Waals surface area contributed by atoms with E-state index < -0.39 is 0 Å². The van der Waals surface area contributed by atoms with Crippen molar-refractivity contribution in [1.82, 2.24) is 19.4 Å². The molecule has 7 nitrogen and oxygen atoms in total. The van der Waals surface area contributed by atoms with Crippen LogP contribution >= 0.6 is 15.9 Å². The molecule has 8 heteroatoms. The third-order valence-corrected chi connectivity index (χ3v) is 8.48. The molecular formula is C31H34BrN5O2. The Kier molecular flexibility index (Phi) is 7.57. The first-order valence-electron chi connectivity index (χ1n) is 13.7. The summed E-state index contributed by atoms with van der Waals surface area (Å²) < 4.78 is 8.86. The summed E-state index contributed by atoms with van der Waals surface area (Å²) in [6, 6.07) is 24.8. The van der Waals surface area contributed by atoms with Crippen LogP contribution in [0.1, 0.15) is 18.7 Å². The zero-order chi connectivity index (χ0) is 26.8. The number of hydrogen-bond donors (Lipinski definition) is 0. The summed E-state index contributed by atoms with van der Waals surface area (Å²) in [5.41, 5.74) is 4.30. The maximum Gasteiger partial charge on any atom is 0.227 e. The van der Waals surface area contributed by atoms with E-state index in [4.69, 9.17) is 9.72 Å². The molecule has 0 aliphatic carbocycles. The van der Waals surface area contributed by atoms with Gasteiger partial charge in [0.05, 0.1) is 36.3 Å². The van der Waals surface area contributed by atoms with Gasteiger partial charge in [0.25, 0.3) is 0 Å². The third kappa shape index (κ3) is 5.40. The van der Waals surface area contributed by atoms with Crippen molar-refractivity contribution in [2.75, 3.05) is 51.3 Å². The number of ether oxygens (including phenoxy) is 1. The molecule has 0 spiro atoms. The first-order valence-corrected chi connectivity index (χ1v) is 14.5. The van der Waals surface area contributed by atoms with E-state index in [0.717, 1.165) is 97.1 Å². The van der Waals surface area contributed by atoms with Gasteiger partial charge in [-0.1, -0.05) is 40.2 Å². The van der Waals surface area contributed by atoms with E-state index in [1.54, 1.807) is 7.11 Å². The van der Waals surface area contributed by atoms with Gasteiger partial charge < -0.3 is 14.5 Å². The minimum Gasteiger partial charge on any atom is -0.495 e. The van der Waals surface area contributed by atoms with E-state index in [9.17, 15) is 4.79 Å². The molecule has 1 aromatic heterocycles. The van der Waals surface area contributed by atoms with Crippen LogP contribution in [0.15, 0.2) is 77.3 Å². The minimum absolute atomic E-state index is 0.0297. The van der Waals surface area contributed by atoms with Gasteiger partial charge in [-0.05, 0) is 67.9 Å². The van der Waals surface area contributed by atoms with Crippen LogP contribution in [0.4, 0.5) is 5.69 Å². The van der Waals surface area contributed by atoms with Gasteiger partial charge in [0.1, 0.15) is 11.6 Å². The lowest BCUT2D eigenvalue weighted by Crippen LogP contribution is -2.52. The van der Waals surface area contributed by atoms with Crippen LogP contribution < -0.4 is 9.64 Å². The highest BCUT2D eigenvalue weighted by atomic mass is 79.9. The zero-order valence-corrected chi connectivity index (χ0v) is 23.9. The average Bonchev–Trinajstić information content (AvgIpc) is 3.35. The molecule has 0 bridgehead atoms. The second-order valence-corrected chi connectivity index (χ2v) is 11.3.